The van der Waals surface area contributed by atoms with Crippen molar-refractivity contribution in [2.75, 3.05) is 14.1 Å². The lowest BCUT2D eigenvalue weighted by Gasteiger charge is -2.09. The minimum atomic E-state index is -0.564. The van der Waals surface area contributed by atoms with Crippen LogP contribution in [0.4, 0.5) is 0 Å². The van der Waals surface area contributed by atoms with E-state index >= 15 is 0 Å². The molecule has 0 aliphatic carbocycles. The summed E-state index contributed by atoms with van der Waals surface area (Å²) in [4.78, 5) is 12.7. The summed E-state index contributed by atoms with van der Waals surface area (Å²) in [6, 6.07) is 4.67. The fraction of sp³-hybridized carbons (Fsp3) is 0.200. The van der Waals surface area contributed by atoms with Crippen LogP contribution in [0.5, 0.6) is 0 Å². The Hall–Kier alpha value is -2.22. The van der Waals surface area contributed by atoms with Crippen LogP contribution < -0.4 is 0 Å². The van der Waals surface area contributed by atoms with Gasteiger partial charge in [0.1, 0.15) is 6.07 Å². The molecule has 5 nitrogen and oxygen atoms in total. The van der Waals surface area contributed by atoms with Crippen LogP contribution in [0.15, 0.2) is 28.4 Å². The lowest BCUT2D eigenvalue weighted by Crippen LogP contribution is -2.23. The van der Waals surface area contributed by atoms with E-state index in [0.29, 0.717) is 0 Å². The van der Waals surface area contributed by atoms with E-state index in [9.17, 15) is 9.90 Å². The summed E-state index contributed by atoms with van der Waals surface area (Å²) in [5.41, 5.74) is -0.338. The molecule has 1 rings (SSSR count). The highest BCUT2D eigenvalue weighted by Crippen LogP contribution is 2.16. The molecule has 0 fully saturated rings. The second-order valence-electron chi connectivity index (χ2n) is 3.01. The average Bonchev–Trinajstić information content (AvgIpc) is 2.71. The number of aliphatic hydroxyl groups excluding tert-OH is 1. The van der Waals surface area contributed by atoms with Gasteiger partial charge in [0.05, 0.1) is 6.26 Å². The first-order chi connectivity index (χ1) is 7.07. The maximum Gasteiger partial charge on any atom is 0.267 e. The highest BCUT2D eigenvalue weighted by Gasteiger charge is 2.19. The number of likely N-dealkylation sites (N-methyl/N-ethyl adjacent to an activating group) is 1. The summed E-state index contributed by atoms with van der Waals surface area (Å²) >= 11 is 0. The third-order valence-corrected chi connectivity index (χ3v) is 1.72. The molecule has 0 radical (unpaired) electrons. The molecule has 1 N–H and O–H groups in total. The van der Waals surface area contributed by atoms with Gasteiger partial charge < -0.3 is 14.4 Å². The Bertz CT molecular complexity index is 424. The number of amides is 1. The van der Waals surface area contributed by atoms with Crippen molar-refractivity contribution in [3.63, 3.8) is 0 Å². The van der Waals surface area contributed by atoms with E-state index in [4.69, 9.17) is 9.68 Å². The van der Waals surface area contributed by atoms with Crippen molar-refractivity contribution in [2.45, 2.75) is 0 Å². The predicted molar refractivity (Wildman–Crippen MR) is 52.6 cm³/mol. The topological polar surface area (TPSA) is 77.5 Å². The summed E-state index contributed by atoms with van der Waals surface area (Å²) < 4.78 is 4.88. The summed E-state index contributed by atoms with van der Waals surface area (Å²) in [7, 11) is 2.99. The first-order valence-electron chi connectivity index (χ1n) is 4.16. The summed E-state index contributed by atoms with van der Waals surface area (Å²) in [6.07, 6.45) is 1.35. The van der Waals surface area contributed by atoms with Crippen LogP contribution in [0.1, 0.15) is 5.76 Å². The quantitative estimate of drug-likeness (QED) is 0.447. The van der Waals surface area contributed by atoms with Gasteiger partial charge >= 0.3 is 0 Å². The third kappa shape index (κ3) is 2.17. The van der Waals surface area contributed by atoms with Gasteiger partial charge in [-0.1, -0.05) is 0 Å². The van der Waals surface area contributed by atoms with E-state index in [-0.39, 0.29) is 11.3 Å². The van der Waals surface area contributed by atoms with E-state index in [1.54, 1.807) is 12.1 Å². The number of nitrogens with zero attached hydrogens (tertiary/aromatic N) is 2. The van der Waals surface area contributed by atoms with Gasteiger partial charge in [0.2, 0.25) is 0 Å². The molecule has 1 heterocycles. The molecule has 0 aromatic carbocycles. The first kappa shape index (κ1) is 10.9. The molecule has 0 unspecified atom stereocenters. The minimum absolute atomic E-state index is 0.0988. The van der Waals surface area contributed by atoms with Crippen LogP contribution in [0.3, 0.4) is 0 Å². The number of aliphatic hydroxyl groups is 1. The van der Waals surface area contributed by atoms with Crippen molar-refractivity contribution in [2.24, 2.45) is 0 Å². The fourth-order valence-corrected chi connectivity index (χ4v) is 0.962. The van der Waals surface area contributed by atoms with Gasteiger partial charge in [-0.15, -0.1) is 0 Å². The van der Waals surface area contributed by atoms with Crippen LogP contribution in [0.2, 0.25) is 0 Å². The van der Waals surface area contributed by atoms with Crippen molar-refractivity contribution >= 4 is 11.7 Å². The molecule has 1 amide bonds. The normalized spacial score (nSPS) is 11.5. The second-order valence-corrected chi connectivity index (χ2v) is 3.01. The van der Waals surface area contributed by atoms with Crippen molar-refractivity contribution in [1.29, 1.82) is 5.26 Å². The van der Waals surface area contributed by atoms with Crippen LogP contribution >= 0.6 is 0 Å². The zero-order valence-electron chi connectivity index (χ0n) is 8.39. The Morgan fingerprint density at radius 1 is 1.60 bits per heavy atom. The van der Waals surface area contributed by atoms with Gasteiger partial charge in [0, 0.05) is 14.1 Å². The number of hydrogen-bond acceptors (Lipinski definition) is 4. The fourth-order valence-electron chi connectivity index (χ4n) is 0.962. The molecule has 0 atom stereocenters. The van der Waals surface area contributed by atoms with Gasteiger partial charge in [-0.2, -0.15) is 5.26 Å². The van der Waals surface area contributed by atoms with Crippen molar-refractivity contribution < 1.29 is 14.3 Å². The third-order valence-electron chi connectivity index (χ3n) is 1.72. The molecule has 15 heavy (non-hydrogen) atoms. The standard InChI is InChI=1S/C10H10N2O3/c1-12(2)10(14)7(6-11)9(13)8-4-3-5-15-8/h3-5,13H,1-2H3/b9-7+. The minimum Gasteiger partial charge on any atom is -0.503 e. The lowest BCUT2D eigenvalue weighted by molar-refractivity contribution is -0.124. The average molecular weight is 206 g/mol. The predicted octanol–water partition coefficient (Wildman–Crippen LogP) is 1.16. The highest BCUT2D eigenvalue weighted by atomic mass is 16.4. The number of furan rings is 1. The maximum atomic E-state index is 11.5. The molecule has 0 aliphatic rings. The lowest BCUT2D eigenvalue weighted by atomic mass is 10.2. The van der Waals surface area contributed by atoms with Gasteiger partial charge in [-0.25, -0.2) is 0 Å². The van der Waals surface area contributed by atoms with E-state index in [1.807, 2.05) is 0 Å². The molecule has 0 spiro atoms. The highest BCUT2D eigenvalue weighted by molar-refractivity contribution is 6.02. The maximum absolute atomic E-state index is 11.5. The molecule has 5 heteroatoms. The number of rotatable bonds is 2. The Labute approximate surface area is 86.8 Å². The summed E-state index contributed by atoms with van der Waals surface area (Å²) in [6.45, 7) is 0. The zero-order chi connectivity index (χ0) is 11.4. The SMILES string of the molecule is CN(C)C(=O)/C(C#N)=C(/O)c1ccco1. The van der Waals surface area contributed by atoms with E-state index < -0.39 is 11.7 Å². The van der Waals surface area contributed by atoms with Gasteiger partial charge in [-0.3, -0.25) is 4.79 Å². The molecular formula is C10H10N2O3. The molecule has 1 aromatic heterocycles. The molecule has 78 valence electrons. The Morgan fingerprint density at radius 3 is 2.67 bits per heavy atom. The number of nitriles is 1. The van der Waals surface area contributed by atoms with Crippen molar-refractivity contribution in [3.8, 4) is 6.07 Å². The molecule has 0 saturated carbocycles. The Balaban J connectivity index is 3.17. The van der Waals surface area contributed by atoms with Crippen molar-refractivity contribution in [3.05, 3.63) is 29.7 Å². The zero-order valence-corrected chi connectivity index (χ0v) is 8.39. The van der Waals surface area contributed by atoms with Crippen LogP contribution in [-0.2, 0) is 4.79 Å². The molecule has 0 aliphatic heterocycles. The van der Waals surface area contributed by atoms with Crippen molar-refractivity contribution in [1.82, 2.24) is 4.90 Å². The van der Waals surface area contributed by atoms with E-state index in [2.05, 4.69) is 0 Å². The van der Waals surface area contributed by atoms with Gasteiger partial charge in [0.15, 0.2) is 17.1 Å². The molecule has 0 saturated heterocycles. The van der Waals surface area contributed by atoms with Gasteiger partial charge in [-0.05, 0) is 12.1 Å². The second kappa shape index (κ2) is 4.33. The largest absolute Gasteiger partial charge is 0.503 e. The summed E-state index contributed by atoms with van der Waals surface area (Å²) in [5, 5.41) is 18.4. The molecule has 0 bridgehead atoms. The Kier molecular flexibility index (Phi) is 3.13. The van der Waals surface area contributed by atoms with Gasteiger partial charge in [0.25, 0.3) is 5.91 Å². The monoisotopic (exact) mass is 206 g/mol. The smallest absolute Gasteiger partial charge is 0.267 e. The first-order valence-corrected chi connectivity index (χ1v) is 4.16. The number of hydrogen-bond donors (Lipinski definition) is 1. The van der Waals surface area contributed by atoms with Crippen LogP contribution in [0, 0.1) is 11.3 Å². The molecule has 1 aromatic rings. The number of carbonyl (C=O) groups is 1. The number of carbonyl (C=O) groups excluding carboxylic acids is 1. The molecular weight excluding hydrogens is 196 g/mol. The van der Waals surface area contributed by atoms with Crippen LogP contribution in [-0.4, -0.2) is 30.0 Å². The Morgan fingerprint density at radius 2 is 2.27 bits per heavy atom. The summed E-state index contributed by atoms with van der Waals surface area (Å²) in [5.74, 6) is -0.908. The van der Waals surface area contributed by atoms with Crippen LogP contribution in [0.25, 0.3) is 5.76 Å². The van der Waals surface area contributed by atoms with E-state index in [1.165, 1.54) is 31.3 Å². The van der Waals surface area contributed by atoms with E-state index in [0.717, 1.165) is 0 Å².